The minimum atomic E-state index is -0.427. The molecule has 0 aliphatic rings. The van der Waals surface area contributed by atoms with Crippen molar-refractivity contribution in [3.63, 3.8) is 0 Å². The summed E-state index contributed by atoms with van der Waals surface area (Å²) < 4.78 is 11.0. The number of hydrogen-bond acceptors (Lipinski definition) is 5. The maximum Gasteiger partial charge on any atom is 0.271 e. The first-order chi connectivity index (χ1) is 11.6. The van der Waals surface area contributed by atoms with Crippen molar-refractivity contribution in [3.8, 4) is 22.9 Å². The number of non-ortho nitro benzene ring substituents is 1. The smallest absolute Gasteiger partial charge is 0.271 e. The molecule has 3 rings (SSSR count). The highest BCUT2D eigenvalue weighted by Crippen LogP contribution is 2.32. The van der Waals surface area contributed by atoms with Crippen LogP contribution in [-0.2, 0) is 0 Å². The van der Waals surface area contributed by atoms with E-state index < -0.39 is 4.92 Å². The lowest BCUT2D eigenvalue weighted by Gasteiger charge is -2.10. The lowest BCUT2D eigenvalue weighted by Crippen LogP contribution is -1.98. The van der Waals surface area contributed by atoms with Gasteiger partial charge in [-0.2, -0.15) is 0 Å². The van der Waals surface area contributed by atoms with Gasteiger partial charge in [0.25, 0.3) is 5.69 Å². The summed E-state index contributed by atoms with van der Waals surface area (Å²) in [7, 11) is 1.59. The van der Waals surface area contributed by atoms with E-state index in [0.29, 0.717) is 35.0 Å². The number of H-pyrrole nitrogens is 1. The zero-order chi connectivity index (χ0) is 17.1. The topological polar surface area (TPSA) is 90.3 Å². The van der Waals surface area contributed by atoms with E-state index >= 15 is 0 Å². The van der Waals surface area contributed by atoms with Crippen molar-refractivity contribution in [1.29, 1.82) is 0 Å². The first kappa shape index (κ1) is 15.8. The van der Waals surface area contributed by atoms with E-state index in [-0.39, 0.29) is 5.69 Å². The average Bonchev–Trinajstić information content (AvgIpc) is 3.02. The van der Waals surface area contributed by atoms with Crippen molar-refractivity contribution >= 4 is 16.7 Å². The number of methoxy groups -OCH3 is 1. The fraction of sp³-hybridized carbons (Fsp3) is 0.235. The molecule has 0 fully saturated rings. The number of hydrogen-bond donors (Lipinski definition) is 1. The third kappa shape index (κ3) is 3.01. The van der Waals surface area contributed by atoms with Crippen LogP contribution in [0.1, 0.15) is 13.3 Å². The van der Waals surface area contributed by atoms with Gasteiger partial charge in [-0.3, -0.25) is 10.1 Å². The van der Waals surface area contributed by atoms with Crippen LogP contribution >= 0.6 is 0 Å². The van der Waals surface area contributed by atoms with Gasteiger partial charge in [0.1, 0.15) is 5.82 Å². The number of rotatable bonds is 6. The summed E-state index contributed by atoms with van der Waals surface area (Å²) in [6.45, 7) is 2.62. The number of nitro groups is 1. The van der Waals surface area contributed by atoms with Crippen LogP contribution < -0.4 is 9.47 Å². The maximum atomic E-state index is 10.9. The molecule has 0 radical (unpaired) electrons. The number of nitrogens with zero attached hydrogens (tertiary/aromatic N) is 2. The first-order valence-electron chi connectivity index (χ1n) is 7.57. The summed E-state index contributed by atoms with van der Waals surface area (Å²) in [6, 6.07) is 10.1. The van der Waals surface area contributed by atoms with Gasteiger partial charge in [-0.25, -0.2) is 4.98 Å². The van der Waals surface area contributed by atoms with Crippen molar-refractivity contribution in [2.45, 2.75) is 13.3 Å². The van der Waals surface area contributed by atoms with Gasteiger partial charge in [-0.15, -0.1) is 0 Å². The first-order valence-corrected chi connectivity index (χ1v) is 7.57. The largest absolute Gasteiger partial charge is 0.493 e. The number of benzene rings is 2. The number of ether oxygens (including phenoxy) is 2. The second-order valence-electron chi connectivity index (χ2n) is 5.26. The molecular weight excluding hydrogens is 310 g/mol. The predicted octanol–water partition coefficient (Wildman–Crippen LogP) is 3.94. The van der Waals surface area contributed by atoms with Gasteiger partial charge in [0, 0.05) is 17.7 Å². The Kier molecular flexibility index (Phi) is 4.33. The van der Waals surface area contributed by atoms with Crippen LogP contribution in [0.25, 0.3) is 22.4 Å². The standard InChI is InChI=1S/C17H17N3O4/c1-3-8-24-16-9-11(4-7-15(16)23-2)17-18-13-6-5-12(20(21)22)10-14(13)19-17/h4-7,9-10H,3,8H2,1-2H3,(H,18,19). The molecule has 7 nitrogen and oxygen atoms in total. The van der Waals surface area contributed by atoms with E-state index in [1.165, 1.54) is 12.1 Å². The van der Waals surface area contributed by atoms with Crippen LogP contribution in [0.15, 0.2) is 36.4 Å². The van der Waals surface area contributed by atoms with Crippen LogP contribution in [0.4, 0.5) is 5.69 Å². The Bertz CT molecular complexity index is 889. The maximum absolute atomic E-state index is 10.9. The summed E-state index contributed by atoms with van der Waals surface area (Å²) in [5.41, 5.74) is 2.13. The second-order valence-corrected chi connectivity index (χ2v) is 5.26. The third-order valence-corrected chi connectivity index (χ3v) is 3.58. The molecule has 2 aromatic carbocycles. The van der Waals surface area contributed by atoms with Crippen molar-refractivity contribution in [3.05, 3.63) is 46.5 Å². The third-order valence-electron chi connectivity index (χ3n) is 3.58. The molecule has 0 saturated carbocycles. The molecule has 0 atom stereocenters. The molecule has 7 heteroatoms. The van der Waals surface area contributed by atoms with Gasteiger partial charge in [0.15, 0.2) is 11.5 Å². The van der Waals surface area contributed by atoms with Gasteiger partial charge >= 0.3 is 0 Å². The molecule has 0 unspecified atom stereocenters. The van der Waals surface area contributed by atoms with Crippen LogP contribution in [0.5, 0.6) is 11.5 Å². The molecule has 0 saturated heterocycles. The Morgan fingerprint density at radius 2 is 2.04 bits per heavy atom. The number of aromatic nitrogens is 2. The lowest BCUT2D eigenvalue weighted by molar-refractivity contribution is -0.384. The average molecular weight is 327 g/mol. The molecule has 0 bridgehead atoms. The highest BCUT2D eigenvalue weighted by molar-refractivity contribution is 5.81. The molecule has 0 amide bonds. The molecule has 24 heavy (non-hydrogen) atoms. The normalized spacial score (nSPS) is 10.8. The highest BCUT2D eigenvalue weighted by atomic mass is 16.6. The number of fused-ring (bicyclic) bond motifs is 1. The Morgan fingerprint density at radius 1 is 1.21 bits per heavy atom. The fourth-order valence-electron chi connectivity index (χ4n) is 2.40. The Hall–Kier alpha value is -3.09. The van der Waals surface area contributed by atoms with Gasteiger partial charge in [0.2, 0.25) is 0 Å². The predicted molar refractivity (Wildman–Crippen MR) is 90.5 cm³/mol. The van der Waals surface area contributed by atoms with Crippen LogP contribution in [-0.4, -0.2) is 28.6 Å². The number of aromatic amines is 1. The monoisotopic (exact) mass is 327 g/mol. The quantitative estimate of drug-likeness (QED) is 0.547. The summed E-state index contributed by atoms with van der Waals surface area (Å²) in [6.07, 6.45) is 0.891. The summed E-state index contributed by atoms with van der Waals surface area (Å²) >= 11 is 0. The molecule has 0 aliphatic heterocycles. The van der Waals surface area contributed by atoms with Crippen LogP contribution in [0.3, 0.4) is 0 Å². The van der Waals surface area contributed by atoms with Crippen molar-refractivity contribution in [2.24, 2.45) is 0 Å². The molecule has 124 valence electrons. The number of nitro benzene ring substituents is 1. The Balaban J connectivity index is 2.01. The number of imidazole rings is 1. The van der Waals surface area contributed by atoms with E-state index in [4.69, 9.17) is 9.47 Å². The molecule has 3 aromatic rings. The molecule has 0 aliphatic carbocycles. The minimum Gasteiger partial charge on any atom is -0.493 e. The molecule has 1 aromatic heterocycles. The van der Waals surface area contributed by atoms with Crippen LogP contribution in [0.2, 0.25) is 0 Å². The van der Waals surface area contributed by atoms with Crippen molar-refractivity contribution in [2.75, 3.05) is 13.7 Å². The van der Waals surface area contributed by atoms with E-state index in [1.807, 2.05) is 25.1 Å². The zero-order valence-electron chi connectivity index (χ0n) is 13.4. The van der Waals surface area contributed by atoms with E-state index in [9.17, 15) is 10.1 Å². The molecule has 1 heterocycles. The van der Waals surface area contributed by atoms with E-state index in [0.717, 1.165) is 12.0 Å². The Morgan fingerprint density at radius 3 is 2.75 bits per heavy atom. The van der Waals surface area contributed by atoms with E-state index in [1.54, 1.807) is 13.2 Å². The fourth-order valence-corrected chi connectivity index (χ4v) is 2.40. The van der Waals surface area contributed by atoms with Gasteiger partial charge < -0.3 is 14.5 Å². The summed E-state index contributed by atoms with van der Waals surface area (Å²) in [4.78, 5) is 18.1. The van der Waals surface area contributed by atoms with Gasteiger partial charge in [0.05, 0.1) is 29.7 Å². The zero-order valence-corrected chi connectivity index (χ0v) is 13.4. The highest BCUT2D eigenvalue weighted by Gasteiger charge is 2.13. The second kappa shape index (κ2) is 6.57. The van der Waals surface area contributed by atoms with Gasteiger partial charge in [-0.1, -0.05) is 6.92 Å². The molecular formula is C17H17N3O4. The lowest BCUT2D eigenvalue weighted by atomic mass is 10.2. The minimum absolute atomic E-state index is 0.0272. The Labute approximate surface area is 138 Å². The van der Waals surface area contributed by atoms with Gasteiger partial charge in [-0.05, 0) is 30.7 Å². The van der Waals surface area contributed by atoms with Crippen LogP contribution in [0, 0.1) is 10.1 Å². The van der Waals surface area contributed by atoms with Crippen molar-refractivity contribution < 1.29 is 14.4 Å². The van der Waals surface area contributed by atoms with E-state index in [2.05, 4.69) is 9.97 Å². The molecule has 1 N–H and O–H groups in total. The van der Waals surface area contributed by atoms with Crippen molar-refractivity contribution in [1.82, 2.24) is 9.97 Å². The summed E-state index contributed by atoms with van der Waals surface area (Å²) in [5.74, 6) is 1.91. The number of nitrogens with one attached hydrogen (secondary N) is 1. The summed E-state index contributed by atoms with van der Waals surface area (Å²) in [5, 5.41) is 10.9. The molecule has 0 spiro atoms. The SMILES string of the molecule is CCCOc1cc(-c2nc3ccc([N+](=O)[O-])cc3[nH]2)ccc1OC.